The van der Waals surface area contributed by atoms with E-state index in [2.05, 4.69) is 62.5 Å². The molecule has 1 fully saturated rings. The molecule has 2 aliphatic heterocycles. The van der Waals surface area contributed by atoms with Gasteiger partial charge >= 0.3 is 5.97 Å². The van der Waals surface area contributed by atoms with E-state index < -0.39 is 46.9 Å². The van der Waals surface area contributed by atoms with Crippen molar-refractivity contribution in [2.75, 3.05) is 22.8 Å². The van der Waals surface area contributed by atoms with Crippen LogP contribution in [0.25, 0.3) is 0 Å². The third-order valence-electron chi connectivity index (χ3n) is 15.5. The monoisotopic (exact) mass is 1230 g/mol. The zero-order valence-corrected chi connectivity index (χ0v) is 50.2. The maximum absolute atomic E-state index is 15.9. The Morgan fingerprint density at radius 1 is 0.651 bits per heavy atom. The van der Waals surface area contributed by atoms with E-state index in [9.17, 15) is 9.90 Å². The van der Waals surface area contributed by atoms with Crippen molar-refractivity contribution in [2.24, 2.45) is 11.1 Å². The number of carboxylic acid groups (broad SMARTS) is 1. The Kier molecular flexibility index (Phi) is 17.3. The quantitative estimate of drug-likeness (QED) is 0.0127. The fourth-order valence-electron chi connectivity index (χ4n) is 11.7. The Hall–Kier alpha value is -8.84. The van der Waals surface area contributed by atoms with Crippen molar-refractivity contribution in [3.63, 3.8) is 0 Å². The molecule has 0 radical (unpaired) electrons. The van der Waals surface area contributed by atoms with E-state index in [1.54, 1.807) is 7.05 Å². The lowest BCUT2D eigenvalue weighted by molar-refractivity contribution is -0.156. The number of carboxylic acids is 1. The number of benzene rings is 8. The molecule has 4 heterocycles. The lowest BCUT2D eigenvalue weighted by atomic mass is 9.71. The van der Waals surface area contributed by atoms with Crippen LogP contribution in [-0.4, -0.2) is 72.9 Å². The number of fused-ring (bicyclic) bond motifs is 1. The van der Waals surface area contributed by atoms with Crippen LogP contribution in [0.1, 0.15) is 62.5 Å². The van der Waals surface area contributed by atoms with Crippen LogP contribution >= 0.6 is 57.8 Å². The summed E-state index contributed by atoms with van der Waals surface area (Å²) in [6, 6.07) is 76.9. The number of aromatic nitrogens is 3. The number of carbonyl (C=O) groups excluding carboxylic acids is 2. The van der Waals surface area contributed by atoms with Gasteiger partial charge in [0.2, 0.25) is 10.7 Å². The average molecular weight is 1230 g/mol. The van der Waals surface area contributed by atoms with Crippen LogP contribution in [0.15, 0.2) is 263 Å². The smallest absolute Gasteiger partial charge is 0.353 e. The van der Waals surface area contributed by atoms with Gasteiger partial charge in [0.25, 0.3) is 11.8 Å². The molecule has 0 spiro atoms. The number of carbonyl (C=O) groups is 3. The maximum atomic E-state index is 15.9. The Bertz CT molecular complexity index is 3810. The molecule has 3 atom stereocenters. The first-order valence-electron chi connectivity index (χ1n) is 27.7. The first-order valence-corrected chi connectivity index (χ1v) is 31.7. The van der Waals surface area contributed by atoms with Crippen LogP contribution in [0.3, 0.4) is 0 Å². The van der Waals surface area contributed by atoms with E-state index in [1.807, 2.05) is 206 Å². The van der Waals surface area contributed by atoms with Crippen LogP contribution in [0.2, 0.25) is 4.34 Å². The Labute approximate surface area is 519 Å². The third-order valence-corrected chi connectivity index (χ3v) is 20.1. The zero-order valence-electron chi connectivity index (χ0n) is 46.1. The summed E-state index contributed by atoms with van der Waals surface area (Å²) in [5.74, 6) is -3.51. The van der Waals surface area contributed by atoms with Crippen molar-refractivity contribution in [3.05, 3.63) is 308 Å². The minimum atomic E-state index is -1.45. The van der Waals surface area contributed by atoms with E-state index in [0.717, 1.165) is 39.2 Å². The number of thioether (sulfide) groups is 2. The highest BCUT2D eigenvalue weighted by atomic mass is 35.5. The van der Waals surface area contributed by atoms with Gasteiger partial charge in [0.05, 0.1) is 11.1 Å². The van der Waals surface area contributed by atoms with Gasteiger partial charge in [-0.2, -0.15) is 0 Å². The highest BCUT2D eigenvalue weighted by Gasteiger charge is 2.57. The van der Waals surface area contributed by atoms with Crippen LogP contribution in [0.4, 0.5) is 10.3 Å². The summed E-state index contributed by atoms with van der Waals surface area (Å²) < 4.78 is 0.813. The van der Waals surface area contributed by atoms with Crippen molar-refractivity contribution in [2.45, 2.75) is 39.9 Å². The number of nitrogens with one attached hydrogen (secondary N) is 3. The van der Waals surface area contributed by atoms with Gasteiger partial charge in [-0.25, -0.2) is 9.78 Å². The van der Waals surface area contributed by atoms with Crippen LogP contribution in [-0.2, 0) is 30.4 Å². The van der Waals surface area contributed by atoms with E-state index in [1.165, 1.54) is 39.8 Å². The molecule has 1 saturated heterocycles. The van der Waals surface area contributed by atoms with Gasteiger partial charge in [0, 0.05) is 40.5 Å². The number of nitrogens with zero attached hydrogens (tertiary/aromatic N) is 5. The van der Waals surface area contributed by atoms with Gasteiger partial charge in [-0.1, -0.05) is 294 Å². The number of anilines is 2. The predicted octanol–water partition coefficient (Wildman–Crippen LogP) is 14.1. The maximum Gasteiger partial charge on any atom is 0.353 e. The summed E-state index contributed by atoms with van der Waals surface area (Å²) >= 11 is 12.8. The molecule has 0 aliphatic carbocycles. The average Bonchev–Trinajstić information content (AvgIpc) is 2.94. The molecular formula is C68H55ClN8O5S4. The summed E-state index contributed by atoms with van der Waals surface area (Å²) in [4.78, 5) is 59.0. The molecule has 2 amide bonds. The number of allylic oxidation sites excluding steroid dienone is 1. The van der Waals surface area contributed by atoms with Gasteiger partial charge < -0.3 is 25.9 Å². The molecule has 2 aromatic heterocycles. The van der Waals surface area contributed by atoms with E-state index in [4.69, 9.17) is 26.6 Å². The molecule has 86 heavy (non-hydrogen) atoms. The Balaban J connectivity index is 0.981. The lowest BCUT2D eigenvalue weighted by Gasteiger charge is -2.53. The normalized spacial score (nSPS) is 16.0. The summed E-state index contributed by atoms with van der Waals surface area (Å²) in [5, 5.41) is 36.1. The van der Waals surface area contributed by atoms with Crippen LogP contribution < -0.4 is 16.0 Å². The van der Waals surface area contributed by atoms with Crippen molar-refractivity contribution < 1.29 is 24.3 Å². The molecule has 2 aliphatic rings. The van der Waals surface area contributed by atoms with Gasteiger partial charge in [0.15, 0.2) is 15.2 Å². The molecule has 0 bridgehead atoms. The van der Waals surface area contributed by atoms with Crippen molar-refractivity contribution in [1.29, 1.82) is 0 Å². The number of thiazole rings is 1. The first kappa shape index (κ1) is 57.6. The summed E-state index contributed by atoms with van der Waals surface area (Å²) in [6.07, 6.45) is 0.284. The second-order valence-electron chi connectivity index (χ2n) is 20.3. The van der Waals surface area contributed by atoms with E-state index >= 15 is 9.59 Å². The molecular weight excluding hydrogens is 1170 g/mol. The highest BCUT2D eigenvalue weighted by molar-refractivity contribution is 8.18. The number of β-lactam (4-membered cyclic amide) rings is 1. The predicted molar refractivity (Wildman–Crippen MR) is 345 cm³/mol. The number of hydrogen-bond donors (Lipinski definition) is 4. The minimum absolute atomic E-state index is 0.0132. The number of amides is 2. The van der Waals surface area contributed by atoms with Gasteiger partial charge in [-0.15, -0.1) is 22.0 Å². The van der Waals surface area contributed by atoms with E-state index in [-0.39, 0.29) is 33.8 Å². The fourth-order valence-corrected chi connectivity index (χ4v) is 16.1. The zero-order chi connectivity index (χ0) is 59.0. The van der Waals surface area contributed by atoms with Gasteiger partial charge in [-0.3, -0.25) is 14.5 Å². The standard InChI is InChI=1S/C68H55ClN8O5S4/c1-70-64-74-75-66(86-64)84-43-83-59-52(54(44-26-10-2-11-27-44)45-28-12-3-13-29-45)42-53-55(62(79)77(53)58(59)63(80)81)71-61(78)57(76-82-68(49-36-20-7-21-37-49,50-38-22-8-23-39-50)51-40-24-9-25-41-51)56-60(69)85-65(72-56)73-67(46-30-14-4-15-31-46,47-32-16-5-17-33-47)48-34-18-6-19-35-48/h2-41,52-55H,42-43H2,1H3,(H,70,74)(H,71,78)(H,72,73)(H,80,81). The second kappa shape index (κ2) is 25.8. The number of hydrogen-bond acceptors (Lipinski definition) is 14. The molecule has 18 heteroatoms. The second-order valence-corrected chi connectivity index (χ2v) is 25.5. The molecule has 0 saturated carbocycles. The summed E-state index contributed by atoms with van der Waals surface area (Å²) in [5.41, 5.74) is 3.84. The van der Waals surface area contributed by atoms with Gasteiger partial charge in [-0.05, 0) is 34.2 Å². The third kappa shape index (κ3) is 11.3. The van der Waals surface area contributed by atoms with Crippen LogP contribution in [0.5, 0.6) is 0 Å². The number of halogens is 1. The molecule has 10 aromatic rings. The SMILES string of the molecule is CNc1nnc(SCSC2=C(C(=O)O)N3C(=O)C(NC(=O)C(=NOC(c4ccccc4)(c4ccccc4)c4ccccc4)c4nc(NC(c5ccccc5)(c5ccccc5)c5ccccc5)sc4Cl)C3CC2C(c2ccccc2)c2ccccc2)s1. The molecule has 12 rings (SSSR count). The number of oxime groups is 1. The number of aliphatic carboxylic acids is 1. The Morgan fingerprint density at radius 2 is 1.10 bits per heavy atom. The molecule has 13 nitrogen and oxygen atoms in total. The molecule has 3 unspecified atom stereocenters. The molecule has 4 N–H and O–H groups in total. The van der Waals surface area contributed by atoms with Gasteiger partial charge in [0.1, 0.15) is 27.3 Å². The summed E-state index contributed by atoms with van der Waals surface area (Å²) in [7, 11) is 1.78. The van der Waals surface area contributed by atoms with Crippen molar-refractivity contribution >= 4 is 91.6 Å². The van der Waals surface area contributed by atoms with Crippen molar-refractivity contribution in [3.8, 4) is 0 Å². The van der Waals surface area contributed by atoms with Crippen LogP contribution in [0, 0.1) is 5.92 Å². The summed E-state index contributed by atoms with van der Waals surface area (Å²) in [6.45, 7) is 0. The highest BCUT2D eigenvalue weighted by Crippen LogP contribution is 2.52. The first-order chi connectivity index (χ1) is 42.2. The topological polar surface area (TPSA) is 171 Å². The minimum Gasteiger partial charge on any atom is -0.477 e. The molecule has 8 aromatic carbocycles. The Morgan fingerprint density at radius 3 is 1.55 bits per heavy atom. The fraction of sp³-hybridized carbons (Fsp3) is 0.132. The lowest BCUT2D eigenvalue weighted by Crippen LogP contribution is -2.73. The van der Waals surface area contributed by atoms with Crippen molar-refractivity contribution in [1.82, 2.24) is 25.4 Å². The largest absolute Gasteiger partial charge is 0.477 e. The van der Waals surface area contributed by atoms with E-state index in [0.29, 0.717) is 41.3 Å². The molecule has 428 valence electrons. The number of rotatable bonds is 22.